The Kier molecular flexibility index (Phi) is 4.48. The third-order valence-electron chi connectivity index (χ3n) is 2.51. The predicted molar refractivity (Wildman–Crippen MR) is 66.0 cm³/mol. The molecule has 0 radical (unpaired) electrons. The van der Waals surface area contributed by atoms with E-state index in [0.717, 1.165) is 24.7 Å². The molecule has 3 heteroatoms. The Morgan fingerprint density at radius 3 is 3.07 bits per heavy atom. The average Bonchev–Trinajstić information content (AvgIpc) is 3.09. The first-order valence-corrected chi connectivity index (χ1v) is 6.79. The van der Waals surface area contributed by atoms with E-state index < -0.39 is 0 Å². The summed E-state index contributed by atoms with van der Waals surface area (Å²) in [7, 11) is 0. The monoisotopic (exact) mass is 222 g/mol. The second-order valence-electron chi connectivity index (χ2n) is 4.02. The Hall–Kier alpha value is -0.540. The maximum absolute atomic E-state index is 4.27. The van der Waals surface area contributed by atoms with Crippen molar-refractivity contribution in [2.75, 3.05) is 18.1 Å². The molecule has 0 aromatic carbocycles. The summed E-state index contributed by atoms with van der Waals surface area (Å²) in [6.07, 6.45) is 4.78. The van der Waals surface area contributed by atoms with Gasteiger partial charge in [-0.05, 0) is 36.6 Å². The molecule has 1 aliphatic rings. The van der Waals surface area contributed by atoms with Crippen molar-refractivity contribution in [1.82, 2.24) is 10.3 Å². The van der Waals surface area contributed by atoms with Crippen molar-refractivity contribution in [2.24, 2.45) is 5.92 Å². The van der Waals surface area contributed by atoms with Crippen LogP contribution in [0.2, 0.25) is 0 Å². The van der Waals surface area contributed by atoms with Crippen LogP contribution in [-0.2, 0) is 6.54 Å². The summed E-state index contributed by atoms with van der Waals surface area (Å²) < 4.78 is 0. The van der Waals surface area contributed by atoms with Crippen LogP contribution in [0.15, 0.2) is 24.4 Å². The molecule has 0 unspecified atom stereocenters. The molecule has 0 saturated heterocycles. The summed E-state index contributed by atoms with van der Waals surface area (Å²) in [5.41, 5.74) is 1.13. The highest BCUT2D eigenvalue weighted by molar-refractivity contribution is 7.99. The van der Waals surface area contributed by atoms with Crippen LogP contribution in [0.1, 0.15) is 18.5 Å². The summed E-state index contributed by atoms with van der Waals surface area (Å²) in [5.74, 6) is 3.64. The van der Waals surface area contributed by atoms with E-state index in [1.807, 2.05) is 18.3 Å². The van der Waals surface area contributed by atoms with Crippen LogP contribution < -0.4 is 5.32 Å². The van der Waals surface area contributed by atoms with Crippen molar-refractivity contribution in [1.29, 1.82) is 0 Å². The van der Waals surface area contributed by atoms with Crippen molar-refractivity contribution in [3.05, 3.63) is 30.1 Å². The zero-order valence-corrected chi connectivity index (χ0v) is 9.80. The van der Waals surface area contributed by atoms with Gasteiger partial charge in [-0.2, -0.15) is 11.8 Å². The van der Waals surface area contributed by atoms with Crippen molar-refractivity contribution in [3.8, 4) is 0 Å². The van der Waals surface area contributed by atoms with E-state index in [2.05, 4.69) is 28.1 Å². The van der Waals surface area contributed by atoms with Crippen molar-refractivity contribution in [2.45, 2.75) is 19.4 Å². The van der Waals surface area contributed by atoms with Gasteiger partial charge in [-0.15, -0.1) is 0 Å². The summed E-state index contributed by atoms with van der Waals surface area (Å²) in [6, 6.07) is 6.05. The van der Waals surface area contributed by atoms with E-state index in [0.29, 0.717) is 0 Å². The fraction of sp³-hybridized carbons (Fsp3) is 0.583. The zero-order chi connectivity index (χ0) is 10.3. The summed E-state index contributed by atoms with van der Waals surface area (Å²) in [6.45, 7) is 1.98. The van der Waals surface area contributed by atoms with E-state index >= 15 is 0 Å². The van der Waals surface area contributed by atoms with E-state index in [-0.39, 0.29) is 0 Å². The molecule has 2 rings (SSSR count). The number of nitrogens with one attached hydrogen (secondary N) is 1. The van der Waals surface area contributed by atoms with Crippen molar-refractivity contribution < 1.29 is 0 Å². The Labute approximate surface area is 95.9 Å². The van der Waals surface area contributed by atoms with Gasteiger partial charge in [0.15, 0.2) is 0 Å². The molecule has 1 N–H and O–H groups in total. The first-order valence-electron chi connectivity index (χ1n) is 5.63. The molecule has 1 fully saturated rings. The molecule has 15 heavy (non-hydrogen) atoms. The van der Waals surface area contributed by atoms with Gasteiger partial charge >= 0.3 is 0 Å². The SMILES string of the molecule is c1ccc(CNCCSCC2CC2)nc1. The highest BCUT2D eigenvalue weighted by Gasteiger charge is 2.20. The minimum absolute atomic E-state index is 0.894. The van der Waals surface area contributed by atoms with Crippen LogP contribution in [0.4, 0.5) is 0 Å². The molecule has 1 saturated carbocycles. The minimum atomic E-state index is 0.894. The molecule has 1 heterocycles. The lowest BCUT2D eigenvalue weighted by atomic mass is 10.3. The molecule has 1 aromatic rings. The molecule has 2 nitrogen and oxygen atoms in total. The minimum Gasteiger partial charge on any atom is -0.310 e. The molecule has 0 spiro atoms. The first kappa shape index (κ1) is 11.0. The molecule has 0 aliphatic heterocycles. The number of hydrogen-bond donors (Lipinski definition) is 1. The topological polar surface area (TPSA) is 24.9 Å². The van der Waals surface area contributed by atoms with Crippen molar-refractivity contribution >= 4 is 11.8 Å². The van der Waals surface area contributed by atoms with E-state index in [9.17, 15) is 0 Å². The van der Waals surface area contributed by atoms with Gasteiger partial charge < -0.3 is 5.32 Å². The van der Waals surface area contributed by atoms with Gasteiger partial charge in [-0.1, -0.05) is 6.07 Å². The van der Waals surface area contributed by atoms with Crippen LogP contribution in [0.5, 0.6) is 0 Å². The Morgan fingerprint density at radius 1 is 1.40 bits per heavy atom. The molecule has 1 aliphatic carbocycles. The number of nitrogens with zero attached hydrogens (tertiary/aromatic N) is 1. The smallest absolute Gasteiger partial charge is 0.0541 e. The number of rotatable bonds is 7. The van der Waals surface area contributed by atoms with E-state index in [1.165, 1.54) is 24.3 Å². The lowest BCUT2D eigenvalue weighted by Crippen LogP contribution is -2.17. The number of aromatic nitrogens is 1. The molecular weight excluding hydrogens is 204 g/mol. The maximum Gasteiger partial charge on any atom is 0.0541 e. The molecule has 1 aromatic heterocycles. The van der Waals surface area contributed by atoms with Gasteiger partial charge in [-0.25, -0.2) is 0 Å². The molecule has 0 bridgehead atoms. The van der Waals surface area contributed by atoms with Gasteiger partial charge in [0.25, 0.3) is 0 Å². The maximum atomic E-state index is 4.27. The Morgan fingerprint density at radius 2 is 2.33 bits per heavy atom. The number of pyridine rings is 1. The van der Waals surface area contributed by atoms with E-state index in [4.69, 9.17) is 0 Å². The summed E-state index contributed by atoms with van der Waals surface area (Å²) in [4.78, 5) is 4.27. The average molecular weight is 222 g/mol. The highest BCUT2D eigenvalue weighted by atomic mass is 32.2. The molecule has 0 amide bonds. The largest absolute Gasteiger partial charge is 0.310 e. The number of thioether (sulfide) groups is 1. The quantitative estimate of drug-likeness (QED) is 0.717. The molecule has 82 valence electrons. The third-order valence-corrected chi connectivity index (χ3v) is 3.71. The van der Waals surface area contributed by atoms with Gasteiger partial charge in [0, 0.05) is 25.0 Å². The van der Waals surface area contributed by atoms with Gasteiger partial charge in [0.05, 0.1) is 5.69 Å². The van der Waals surface area contributed by atoms with Gasteiger partial charge in [0.2, 0.25) is 0 Å². The Bertz CT molecular complexity index is 272. The highest BCUT2D eigenvalue weighted by Crippen LogP contribution is 2.32. The second-order valence-corrected chi connectivity index (χ2v) is 5.17. The number of hydrogen-bond acceptors (Lipinski definition) is 3. The second kappa shape index (κ2) is 6.13. The van der Waals surface area contributed by atoms with Crippen molar-refractivity contribution in [3.63, 3.8) is 0 Å². The summed E-state index contributed by atoms with van der Waals surface area (Å²) >= 11 is 2.08. The zero-order valence-electron chi connectivity index (χ0n) is 8.98. The van der Waals surface area contributed by atoms with Gasteiger partial charge in [-0.3, -0.25) is 4.98 Å². The van der Waals surface area contributed by atoms with E-state index in [1.54, 1.807) is 0 Å². The standard InChI is InChI=1S/C12H18N2S/c1-2-6-14-12(3-1)9-13-7-8-15-10-11-4-5-11/h1-3,6,11,13H,4-5,7-10H2. The normalized spacial score (nSPS) is 15.5. The van der Waals surface area contributed by atoms with Crippen LogP contribution in [0.25, 0.3) is 0 Å². The lowest BCUT2D eigenvalue weighted by molar-refractivity contribution is 0.715. The third kappa shape index (κ3) is 4.67. The lowest BCUT2D eigenvalue weighted by Gasteiger charge is -2.03. The van der Waals surface area contributed by atoms with Crippen LogP contribution in [0.3, 0.4) is 0 Å². The van der Waals surface area contributed by atoms with Crippen LogP contribution in [-0.4, -0.2) is 23.0 Å². The predicted octanol–water partition coefficient (Wildman–Crippen LogP) is 2.31. The Balaban J connectivity index is 1.47. The molecular formula is C12H18N2S. The van der Waals surface area contributed by atoms with Gasteiger partial charge in [0.1, 0.15) is 0 Å². The van der Waals surface area contributed by atoms with Crippen LogP contribution in [0, 0.1) is 5.92 Å². The fourth-order valence-corrected chi connectivity index (χ4v) is 2.52. The fourth-order valence-electron chi connectivity index (χ4n) is 1.40. The first-order chi connectivity index (χ1) is 7.45. The summed E-state index contributed by atoms with van der Waals surface area (Å²) in [5, 5.41) is 3.41. The molecule has 0 atom stereocenters. The van der Waals surface area contributed by atoms with Crippen LogP contribution >= 0.6 is 11.8 Å².